The molecule has 0 amide bonds. The zero-order chi connectivity index (χ0) is 34.0. The molecule has 9 rings (SSSR count). The van der Waals surface area contributed by atoms with Gasteiger partial charge in [-0.05, 0) is 89.0 Å². The van der Waals surface area contributed by atoms with Crippen LogP contribution in [-0.4, -0.2) is 0 Å². The predicted molar refractivity (Wildman–Crippen MR) is 220 cm³/mol. The van der Waals surface area contributed by atoms with Crippen molar-refractivity contribution in [2.45, 2.75) is 0 Å². The van der Waals surface area contributed by atoms with E-state index in [1.165, 1.54) is 36.9 Å². The van der Waals surface area contributed by atoms with Gasteiger partial charge in [-0.3, -0.25) is 0 Å². The maximum Gasteiger partial charge on any atom is 0.0640 e. The quantitative estimate of drug-likeness (QED) is 0.159. The van der Waals surface area contributed by atoms with Gasteiger partial charge in [-0.2, -0.15) is 0 Å². The summed E-state index contributed by atoms with van der Waals surface area (Å²) in [7, 11) is 0. The van der Waals surface area contributed by atoms with Gasteiger partial charge in [0.1, 0.15) is 0 Å². The Labute approximate surface area is 302 Å². The summed E-state index contributed by atoms with van der Waals surface area (Å²) in [6.07, 6.45) is 0. The summed E-state index contributed by atoms with van der Waals surface area (Å²) in [5, 5.41) is 2.57. The molecule has 2 nitrogen and oxygen atoms in total. The Morgan fingerprint density at radius 1 is 0.294 bits per heavy atom. The summed E-state index contributed by atoms with van der Waals surface area (Å²) >= 11 is 1.86. The molecule has 0 saturated heterocycles. The van der Waals surface area contributed by atoms with Crippen molar-refractivity contribution in [1.29, 1.82) is 0 Å². The van der Waals surface area contributed by atoms with Crippen LogP contribution in [0.3, 0.4) is 0 Å². The number of hydrogen-bond donors (Lipinski definition) is 0. The van der Waals surface area contributed by atoms with Crippen LogP contribution in [0.1, 0.15) is 0 Å². The Balaban J connectivity index is 1.28. The van der Waals surface area contributed by atoms with E-state index in [2.05, 4.69) is 216 Å². The molecule has 0 unspecified atom stereocenters. The van der Waals surface area contributed by atoms with E-state index in [9.17, 15) is 0 Å². The zero-order valence-electron chi connectivity index (χ0n) is 27.9. The van der Waals surface area contributed by atoms with Crippen LogP contribution in [-0.2, 0) is 0 Å². The summed E-state index contributed by atoms with van der Waals surface area (Å²) in [4.78, 5) is 4.79. The Morgan fingerprint density at radius 3 is 1.41 bits per heavy atom. The van der Waals surface area contributed by atoms with E-state index < -0.39 is 0 Å². The van der Waals surface area contributed by atoms with E-state index in [-0.39, 0.29) is 0 Å². The molecule has 3 heteroatoms. The minimum absolute atomic E-state index is 1.08. The van der Waals surface area contributed by atoms with E-state index in [0.717, 1.165) is 39.7 Å². The topological polar surface area (TPSA) is 6.48 Å². The molecule has 0 aliphatic heterocycles. The molecule has 0 radical (unpaired) electrons. The fourth-order valence-corrected chi connectivity index (χ4v) is 8.23. The van der Waals surface area contributed by atoms with E-state index in [1.807, 2.05) is 11.3 Å². The van der Waals surface area contributed by atoms with E-state index in [4.69, 9.17) is 0 Å². The van der Waals surface area contributed by atoms with Crippen molar-refractivity contribution < 1.29 is 0 Å². The highest BCUT2D eigenvalue weighted by Gasteiger charge is 2.21. The molecule has 51 heavy (non-hydrogen) atoms. The first-order valence-electron chi connectivity index (χ1n) is 17.3. The van der Waals surface area contributed by atoms with E-state index in [1.54, 1.807) is 0 Å². The molecule has 9 aromatic rings. The molecule has 242 valence electrons. The molecule has 0 saturated carbocycles. The molecule has 0 aliphatic rings. The Hall–Kier alpha value is -6.42. The lowest BCUT2D eigenvalue weighted by atomic mass is 10.0. The zero-order valence-corrected chi connectivity index (χ0v) is 28.7. The van der Waals surface area contributed by atoms with E-state index in [0.29, 0.717) is 0 Å². The number of rotatable bonds is 8. The van der Waals surface area contributed by atoms with Gasteiger partial charge in [0.2, 0.25) is 0 Å². The van der Waals surface area contributed by atoms with Gasteiger partial charge in [-0.25, -0.2) is 0 Å². The molecule has 1 heterocycles. The van der Waals surface area contributed by atoms with Crippen molar-refractivity contribution in [2.24, 2.45) is 0 Å². The average Bonchev–Trinajstić information content (AvgIpc) is 3.60. The third-order valence-electron chi connectivity index (χ3n) is 9.41. The maximum absolute atomic E-state index is 2.43. The number of anilines is 6. The summed E-state index contributed by atoms with van der Waals surface area (Å²) in [5.41, 5.74) is 11.3. The van der Waals surface area contributed by atoms with Crippen molar-refractivity contribution in [2.75, 3.05) is 9.80 Å². The summed E-state index contributed by atoms with van der Waals surface area (Å²) in [5.74, 6) is 0. The van der Waals surface area contributed by atoms with Crippen LogP contribution in [0.15, 0.2) is 206 Å². The third kappa shape index (κ3) is 5.94. The number of para-hydroxylation sites is 2. The normalized spacial score (nSPS) is 11.1. The van der Waals surface area contributed by atoms with Gasteiger partial charge in [0.15, 0.2) is 0 Å². The highest BCUT2D eigenvalue weighted by Crippen LogP contribution is 2.47. The van der Waals surface area contributed by atoms with Gasteiger partial charge >= 0.3 is 0 Å². The van der Waals surface area contributed by atoms with Crippen LogP contribution in [0.2, 0.25) is 0 Å². The minimum Gasteiger partial charge on any atom is -0.310 e. The molecular weight excluding hydrogens is 637 g/mol. The van der Waals surface area contributed by atoms with Crippen LogP contribution in [0.5, 0.6) is 0 Å². The lowest BCUT2D eigenvalue weighted by molar-refractivity contribution is 1.26. The van der Waals surface area contributed by atoms with Gasteiger partial charge < -0.3 is 9.80 Å². The second kappa shape index (κ2) is 13.5. The number of benzene rings is 8. The van der Waals surface area contributed by atoms with Crippen LogP contribution >= 0.6 is 11.3 Å². The highest BCUT2D eigenvalue weighted by molar-refractivity contribution is 7.26. The van der Waals surface area contributed by atoms with Crippen LogP contribution in [0, 0.1) is 0 Å². The van der Waals surface area contributed by atoms with Crippen LogP contribution in [0.25, 0.3) is 42.4 Å². The summed E-state index contributed by atoms with van der Waals surface area (Å²) in [6, 6.07) is 74.0. The van der Waals surface area contributed by atoms with Crippen LogP contribution < -0.4 is 9.80 Å². The minimum atomic E-state index is 1.08. The molecular formula is C48H34N2S. The lowest BCUT2D eigenvalue weighted by Gasteiger charge is -2.30. The van der Waals surface area contributed by atoms with Gasteiger partial charge in [0.25, 0.3) is 0 Å². The van der Waals surface area contributed by atoms with Gasteiger partial charge in [-0.1, -0.05) is 140 Å². The second-order valence-corrected chi connectivity index (χ2v) is 13.7. The third-order valence-corrected chi connectivity index (χ3v) is 10.6. The molecule has 0 bridgehead atoms. The Kier molecular flexibility index (Phi) is 8.09. The summed E-state index contributed by atoms with van der Waals surface area (Å²) < 4.78 is 2.56. The SMILES string of the molecule is c1ccc(-c2ccc(N(c3ccccc3)c3cc(-c4ccccc4)cc(N(c4ccccc4)c4cccc5c4sc4ccccc45)c3)cc2)cc1. The van der Waals surface area contributed by atoms with Crippen molar-refractivity contribution in [3.05, 3.63) is 206 Å². The predicted octanol–water partition coefficient (Wildman–Crippen LogP) is 14.3. The van der Waals surface area contributed by atoms with Gasteiger partial charge in [-0.15, -0.1) is 11.3 Å². The van der Waals surface area contributed by atoms with Crippen LogP contribution in [0.4, 0.5) is 34.1 Å². The number of nitrogens with zero attached hydrogens (tertiary/aromatic N) is 2. The van der Waals surface area contributed by atoms with Crippen molar-refractivity contribution in [3.63, 3.8) is 0 Å². The average molecular weight is 671 g/mol. The fraction of sp³-hybridized carbons (Fsp3) is 0. The first-order valence-corrected chi connectivity index (χ1v) is 18.1. The van der Waals surface area contributed by atoms with Crippen molar-refractivity contribution in [3.8, 4) is 22.3 Å². The van der Waals surface area contributed by atoms with E-state index >= 15 is 0 Å². The fourth-order valence-electron chi connectivity index (χ4n) is 7.02. The Bertz CT molecular complexity index is 2560. The smallest absolute Gasteiger partial charge is 0.0640 e. The molecule has 0 spiro atoms. The first-order chi connectivity index (χ1) is 25.3. The molecule has 0 atom stereocenters. The molecule has 0 aliphatic carbocycles. The van der Waals surface area contributed by atoms with Crippen molar-refractivity contribution >= 4 is 65.6 Å². The maximum atomic E-state index is 2.43. The second-order valence-electron chi connectivity index (χ2n) is 12.6. The number of hydrogen-bond acceptors (Lipinski definition) is 3. The van der Waals surface area contributed by atoms with Gasteiger partial charge in [0.05, 0.1) is 10.4 Å². The van der Waals surface area contributed by atoms with Gasteiger partial charge in [0, 0.05) is 43.9 Å². The Morgan fingerprint density at radius 2 is 0.765 bits per heavy atom. The van der Waals surface area contributed by atoms with Crippen molar-refractivity contribution in [1.82, 2.24) is 0 Å². The standard InChI is InChI=1S/C48H34N2S/c1-5-16-35(17-6-1)37-28-30-41(31-29-37)49(39-20-9-3-10-21-39)42-32-38(36-18-7-2-8-19-36)33-43(34-42)50(40-22-11-4-12-23-40)46-26-15-25-45-44-24-13-14-27-47(44)51-48(45)46/h1-34H. The largest absolute Gasteiger partial charge is 0.310 e. The molecule has 0 N–H and O–H groups in total. The summed E-state index contributed by atoms with van der Waals surface area (Å²) in [6.45, 7) is 0. The highest BCUT2D eigenvalue weighted by atomic mass is 32.1. The first kappa shape index (κ1) is 30.6. The molecule has 0 fully saturated rings. The number of fused-ring (bicyclic) bond motifs is 3. The lowest BCUT2D eigenvalue weighted by Crippen LogP contribution is -2.13. The number of thiophene rings is 1. The molecule has 8 aromatic carbocycles. The monoisotopic (exact) mass is 670 g/mol. The molecule has 1 aromatic heterocycles.